The summed E-state index contributed by atoms with van der Waals surface area (Å²) in [5.41, 5.74) is 1.85. The molecule has 20 heavy (non-hydrogen) atoms. The highest BCUT2D eigenvalue weighted by molar-refractivity contribution is 9.10. The number of hydrogen-bond donors (Lipinski definition) is 2. The smallest absolute Gasteiger partial charge is 0.256 e. The number of anilines is 1. The Balaban J connectivity index is 1.94. The van der Waals surface area contributed by atoms with E-state index in [1.807, 2.05) is 12.1 Å². The Bertz CT molecular complexity index is 800. The van der Waals surface area contributed by atoms with Gasteiger partial charge in [-0.05, 0) is 46.3 Å². The fourth-order valence-electron chi connectivity index (χ4n) is 1.94. The van der Waals surface area contributed by atoms with Gasteiger partial charge in [-0.1, -0.05) is 6.07 Å². The summed E-state index contributed by atoms with van der Waals surface area (Å²) in [6.45, 7) is 0. The molecular formula is C14H9BrFN3O. The molecule has 0 spiro atoms. The Morgan fingerprint density at radius 3 is 2.95 bits per heavy atom. The molecule has 0 saturated heterocycles. The molecule has 2 N–H and O–H groups in total. The highest BCUT2D eigenvalue weighted by Crippen LogP contribution is 2.24. The van der Waals surface area contributed by atoms with Crippen molar-refractivity contribution in [3.05, 3.63) is 58.4 Å². The number of carbonyl (C=O) groups excluding carboxylic acids is 1. The molecule has 3 aromatic rings. The Hall–Kier alpha value is -2.21. The average Bonchev–Trinajstić information content (AvgIpc) is 2.87. The number of rotatable bonds is 2. The monoisotopic (exact) mass is 333 g/mol. The Labute approximate surface area is 122 Å². The Morgan fingerprint density at radius 1 is 1.30 bits per heavy atom. The number of amides is 1. The molecule has 0 fully saturated rings. The van der Waals surface area contributed by atoms with Crippen molar-refractivity contribution in [1.29, 1.82) is 0 Å². The molecule has 100 valence electrons. The topological polar surface area (TPSA) is 57.8 Å². The van der Waals surface area contributed by atoms with Crippen molar-refractivity contribution in [3.8, 4) is 0 Å². The van der Waals surface area contributed by atoms with Crippen LogP contribution in [-0.2, 0) is 0 Å². The zero-order chi connectivity index (χ0) is 14.1. The van der Waals surface area contributed by atoms with Crippen LogP contribution < -0.4 is 5.32 Å². The third-order valence-corrected chi connectivity index (χ3v) is 3.56. The molecule has 0 bridgehead atoms. The minimum absolute atomic E-state index is 0.314. The van der Waals surface area contributed by atoms with Crippen LogP contribution in [0, 0.1) is 5.82 Å². The maximum Gasteiger partial charge on any atom is 0.256 e. The summed E-state index contributed by atoms with van der Waals surface area (Å²) in [5.74, 6) is -0.712. The fraction of sp³-hybridized carbons (Fsp3) is 0. The number of nitrogens with one attached hydrogen (secondary N) is 2. The van der Waals surface area contributed by atoms with Crippen molar-refractivity contribution in [1.82, 2.24) is 10.2 Å². The zero-order valence-corrected chi connectivity index (χ0v) is 11.7. The van der Waals surface area contributed by atoms with E-state index in [1.165, 1.54) is 18.2 Å². The van der Waals surface area contributed by atoms with Crippen molar-refractivity contribution < 1.29 is 9.18 Å². The van der Waals surface area contributed by atoms with Crippen LogP contribution in [0.5, 0.6) is 0 Å². The van der Waals surface area contributed by atoms with E-state index >= 15 is 0 Å². The lowest BCUT2D eigenvalue weighted by molar-refractivity contribution is 0.102. The van der Waals surface area contributed by atoms with E-state index in [1.54, 1.807) is 12.3 Å². The molecule has 1 amide bonds. The third kappa shape index (κ3) is 2.30. The summed E-state index contributed by atoms with van der Waals surface area (Å²) in [5, 5.41) is 10.4. The summed E-state index contributed by atoms with van der Waals surface area (Å²) in [6, 6.07) is 9.41. The minimum atomic E-state index is -0.398. The number of aromatic nitrogens is 2. The van der Waals surface area contributed by atoms with Gasteiger partial charge in [-0.3, -0.25) is 9.89 Å². The van der Waals surface area contributed by atoms with Crippen molar-refractivity contribution >= 4 is 38.4 Å². The SMILES string of the molecule is O=C(Nc1cccc2[nH]ncc12)c1ccc(F)cc1Br. The van der Waals surface area contributed by atoms with E-state index < -0.39 is 5.82 Å². The normalized spacial score (nSPS) is 10.7. The van der Waals surface area contributed by atoms with E-state index in [0.29, 0.717) is 15.7 Å². The molecule has 1 aromatic heterocycles. The first-order valence-electron chi connectivity index (χ1n) is 5.83. The molecule has 1 heterocycles. The summed E-state index contributed by atoms with van der Waals surface area (Å²) in [7, 11) is 0. The van der Waals surface area contributed by atoms with Gasteiger partial charge in [-0.15, -0.1) is 0 Å². The van der Waals surface area contributed by atoms with Gasteiger partial charge < -0.3 is 5.32 Å². The standard InChI is InChI=1S/C14H9BrFN3O/c15-11-6-8(16)4-5-9(11)14(20)18-12-2-1-3-13-10(12)7-17-19-13/h1-7H,(H,17,19)(H,18,20). The van der Waals surface area contributed by atoms with Gasteiger partial charge in [0.25, 0.3) is 5.91 Å². The van der Waals surface area contributed by atoms with Crippen LogP contribution in [0.15, 0.2) is 47.1 Å². The van der Waals surface area contributed by atoms with Crippen LogP contribution in [0.3, 0.4) is 0 Å². The first-order valence-corrected chi connectivity index (χ1v) is 6.63. The Kier molecular flexibility index (Phi) is 3.23. The maximum atomic E-state index is 13.0. The largest absolute Gasteiger partial charge is 0.321 e. The average molecular weight is 334 g/mol. The number of nitrogens with zero attached hydrogens (tertiary/aromatic N) is 1. The highest BCUT2D eigenvalue weighted by Gasteiger charge is 2.12. The van der Waals surface area contributed by atoms with Gasteiger partial charge in [0.15, 0.2) is 0 Å². The summed E-state index contributed by atoms with van der Waals surface area (Å²) in [4.78, 5) is 12.2. The van der Waals surface area contributed by atoms with Crippen molar-refractivity contribution in [2.24, 2.45) is 0 Å². The van der Waals surface area contributed by atoms with Crippen molar-refractivity contribution in [3.63, 3.8) is 0 Å². The third-order valence-electron chi connectivity index (χ3n) is 2.91. The molecule has 6 heteroatoms. The number of hydrogen-bond acceptors (Lipinski definition) is 2. The van der Waals surface area contributed by atoms with E-state index in [9.17, 15) is 9.18 Å². The first kappa shape index (κ1) is 12.8. The van der Waals surface area contributed by atoms with Crippen molar-refractivity contribution in [2.45, 2.75) is 0 Å². The number of halogens is 2. The predicted molar refractivity (Wildman–Crippen MR) is 78.1 cm³/mol. The van der Waals surface area contributed by atoms with Gasteiger partial charge >= 0.3 is 0 Å². The summed E-state index contributed by atoms with van der Waals surface area (Å²) >= 11 is 3.18. The van der Waals surface area contributed by atoms with E-state index in [0.717, 1.165) is 10.9 Å². The van der Waals surface area contributed by atoms with Gasteiger partial charge in [0.1, 0.15) is 5.82 Å². The van der Waals surface area contributed by atoms with E-state index in [4.69, 9.17) is 0 Å². The molecule has 0 aliphatic carbocycles. The molecule has 0 atom stereocenters. The molecular weight excluding hydrogens is 325 g/mol. The molecule has 0 radical (unpaired) electrons. The lowest BCUT2D eigenvalue weighted by Gasteiger charge is -2.07. The second-order valence-corrected chi connectivity index (χ2v) is 5.07. The lowest BCUT2D eigenvalue weighted by Crippen LogP contribution is -2.12. The lowest BCUT2D eigenvalue weighted by atomic mass is 10.2. The molecule has 3 rings (SSSR count). The quantitative estimate of drug-likeness (QED) is 0.750. The molecule has 0 saturated carbocycles. The molecule has 0 unspecified atom stereocenters. The second kappa shape index (κ2) is 5.05. The van der Waals surface area contributed by atoms with Gasteiger partial charge in [-0.2, -0.15) is 5.10 Å². The van der Waals surface area contributed by atoms with Gasteiger partial charge in [0.05, 0.1) is 23.0 Å². The van der Waals surface area contributed by atoms with E-state index in [2.05, 4.69) is 31.4 Å². The maximum absolute atomic E-state index is 13.0. The van der Waals surface area contributed by atoms with Crippen LogP contribution in [0.25, 0.3) is 10.9 Å². The van der Waals surface area contributed by atoms with E-state index in [-0.39, 0.29) is 5.91 Å². The molecule has 0 aliphatic rings. The van der Waals surface area contributed by atoms with Crippen LogP contribution in [0.4, 0.5) is 10.1 Å². The number of aromatic amines is 1. The van der Waals surface area contributed by atoms with Crippen LogP contribution >= 0.6 is 15.9 Å². The number of benzene rings is 2. The summed E-state index contributed by atoms with van der Waals surface area (Å²) < 4.78 is 13.4. The summed E-state index contributed by atoms with van der Waals surface area (Å²) in [6.07, 6.45) is 1.64. The van der Waals surface area contributed by atoms with Crippen LogP contribution in [0.1, 0.15) is 10.4 Å². The molecule has 4 nitrogen and oxygen atoms in total. The Morgan fingerprint density at radius 2 is 2.15 bits per heavy atom. The fourth-order valence-corrected chi connectivity index (χ4v) is 2.47. The number of H-pyrrole nitrogens is 1. The van der Waals surface area contributed by atoms with Crippen LogP contribution in [0.2, 0.25) is 0 Å². The molecule has 0 aliphatic heterocycles. The van der Waals surface area contributed by atoms with Crippen LogP contribution in [-0.4, -0.2) is 16.1 Å². The van der Waals surface area contributed by atoms with Gasteiger partial charge in [-0.25, -0.2) is 4.39 Å². The van der Waals surface area contributed by atoms with Crippen molar-refractivity contribution in [2.75, 3.05) is 5.32 Å². The highest BCUT2D eigenvalue weighted by atomic mass is 79.9. The minimum Gasteiger partial charge on any atom is -0.321 e. The van der Waals surface area contributed by atoms with Gasteiger partial charge in [0, 0.05) is 9.86 Å². The molecule has 2 aromatic carbocycles. The second-order valence-electron chi connectivity index (χ2n) is 4.22. The number of carbonyl (C=O) groups is 1. The predicted octanol–water partition coefficient (Wildman–Crippen LogP) is 3.72. The first-order chi connectivity index (χ1) is 9.65. The van der Waals surface area contributed by atoms with Gasteiger partial charge in [0.2, 0.25) is 0 Å². The number of fused-ring (bicyclic) bond motifs is 1. The zero-order valence-electron chi connectivity index (χ0n) is 10.2.